The number of nitrogens with zero attached hydrogens (tertiary/aromatic N) is 5. The van der Waals surface area contributed by atoms with Crippen LogP contribution in [0.5, 0.6) is 0 Å². The molecule has 0 unspecified atom stereocenters. The highest BCUT2D eigenvalue weighted by atomic mass is 32.2. The van der Waals surface area contributed by atoms with Crippen LogP contribution in [0.3, 0.4) is 0 Å². The van der Waals surface area contributed by atoms with Gasteiger partial charge < -0.3 is 4.90 Å². The van der Waals surface area contributed by atoms with Crippen molar-refractivity contribution in [1.29, 1.82) is 5.26 Å². The van der Waals surface area contributed by atoms with Crippen molar-refractivity contribution in [2.75, 3.05) is 26.2 Å². The molecule has 8 nitrogen and oxygen atoms in total. The standard InChI is InChI=1S/C23H22FN5O3S/c1-16-22(17(2)29(26-16)20-7-5-19(24)6-8-20)23(30)27-11-13-28(14-12-27)33(31,32)21-9-3-18(15-25)4-10-21/h3-10H,11-14H2,1-2H3. The topological polar surface area (TPSA) is 99.3 Å². The zero-order valence-electron chi connectivity index (χ0n) is 18.2. The average molecular weight is 468 g/mol. The predicted octanol–water partition coefficient (Wildman–Crippen LogP) is 2.65. The van der Waals surface area contributed by atoms with Crippen molar-refractivity contribution >= 4 is 15.9 Å². The molecule has 2 heterocycles. The third-order valence-corrected chi connectivity index (χ3v) is 7.64. The van der Waals surface area contributed by atoms with Crippen LogP contribution >= 0.6 is 0 Å². The quantitative estimate of drug-likeness (QED) is 0.587. The van der Waals surface area contributed by atoms with E-state index in [0.29, 0.717) is 28.2 Å². The average Bonchev–Trinajstić information content (AvgIpc) is 3.13. The Morgan fingerprint density at radius 3 is 2.18 bits per heavy atom. The van der Waals surface area contributed by atoms with E-state index in [-0.39, 0.29) is 42.8 Å². The molecule has 1 saturated heterocycles. The van der Waals surface area contributed by atoms with Gasteiger partial charge in [-0.25, -0.2) is 17.5 Å². The number of amides is 1. The van der Waals surface area contributed by atoms with Crippen LogP contribution in [0.25, 0.3) is 5.69 Å². The first-order valence-electron chi connectivity index (χ1n) is 10.3. The zero-order valence-corrected chi connectivity index (χ0v) is 19.0. The first kappa shape index (κ1) is 22.6. The number of piperazine rings is 1. The summed E-state index contributed by atoms with van der Waals surface area (Å²) in [7, 11) is -3.71. The van der Waals surface area contributed by atoms with E-state index in [1.807, 2.05) is 6.07 Å². The van der Waals surface area contributed by atoms with Gasteiger partial charge in [0.25, 0.3) is 5.91 Å². The minimum absolute atomic E-state index is 0.119. The Bertz CT molecular complexity index is 1330. The van der Waals surface area contributed by atoms with E-state index < -0.39 is 10.0 Å². The number of aromatic nitrogens is 2. The van der Waals surface area contributed by atoms with Gasteiger partial charge >= 0.3 is 0 Å². The highest BCUT2D eigenvalue weighted by Gasteiger charge is 2.32. The Morgan fingerprint density at radius 1 is 1.00 bits per heavy atom. The molecular formula is C23H22FN5O3S. The Kier molecular flexibility index (Phi) is 6.01. The second-order valence-corrected chi connectivity index (χ2v) is 9.70. The van der Waals surface area contributed by atoms with Crippen LogP contribution in [-0.4, -0.2) is 59.5 Å². The fourth-order valence-corrected chi connectivity index (χ4v) is 5.35. The molecule has 0 bridgehead atoms. The summed E-state index contributed by atoms with van der Waals surface area (Å²) in [5.74, 6) is -0.570. The number of nitriles is 1. The number of aryl methyl sites for hydroxylation is 1. The summed E-state index contributed by atoms with van der Waals surface area (Å²) in [5, 5.41) is 13.4. The molecule has 1 aliphatic heterocycles. The van der Waals surface area contributed by atoms with E-state index in [9.17, 15) is 17.6 Å². The van der Waals surface area contributed by atoms with Gasteiger partial charge in [-0.05, 0) is 62.4 Å². The second kappa shape index (κ2) is 8.77. The maximum atomic E-state index is 13.3. The molecule has 2 aromatic carbocycles. The lowest BCUT2D eigenvalue weighted by molar-refractivity contribution is 0.0696. The molecule has 1 aromatic heterocycles. The highest BCUT2D eigenvalue weighted by Crippen LogP contribution is 2.23. The summed E-state index contributed by atoms with van der Waals surface area (Å²) in [5.41, 5.74) is 2.68. The van der Waals surface area contributed by atoms with E-state index >= 15 is 0 Å². The van der Waals surface area contributed by atoms with Gasteiger partial charge in [0.15, 0.2) is 0 Å². The Labute approximate surface area is 191 Å². The van der Waals surface area contributed by atoms with Crippen molar-refractivity contribution in [1.82, 2.24) is 19.0 Å². The molecule has 0 saturated carbocycles. The second-order valence-electron chi connectivity index (χ2n) is 7.77. The van der Waals surface area contributed by atoms with Gasteiger partial charge in [-0.1, -0.05) is 0 Å². The molecule has 170 valence electrons. The molecule has 0 spiro atoms. The van der Waals surface area contributed by atoms with E-state index in [2.05, 4.69) is 5.10 Å². The Morgan fingerprint density at radius 2 is 1.61 bits per heavy atom. The smallest absolute Gasteiger partial charge is 0.257 e. The number of sulfonamides is 1. The molecule has 33 heavy (non-hydrogen) atoms. The van der Waals surface area contributed by atoms with Crippen molar-refractivity contribution in [3.8, 4) is 11.8 Å². The van der Waals surface area contributed by atoms with Crippen molar-refractivity contribution in [3.63, 3.8) is 0 Å². The van der Waals surface area contributed by atoms with Crippen LogP contribution in [0.4, 0.5) is 4.39 Å². The molecule has 1 amide bonds. The molecular weight excluding hydrogens is 445 g/mol. The van der Waals surface area contributed by atoms with Crippen LogP contribution in [-0.2, 0) is 10.0 Å². The lowest BCUT2D eigenvalue weighted by Gasteiger charge is -2.34. The summed E-state index contributed by atoms with van der Waals surface area (Å²) in [6.07, 6.45) is 0. The Hall–Kier alpha value is -3.55. The third kappa shape index (κ3) is 4.25. The maximum absolute atomic E-state index is 13.3. The molecule has 1 aliphatic rings. The van der Waals surface area contributed by atoms with Crippen LogP contribution in [0.1, 0.15) is 27.3 Å². The summed E-state index contributed by atoms with van der Waals surface area (Å²) >= 11 is 0. The van der Waals surface area contributed by atoms with Crippen LogP contribution in [0.2, 0.25) is 0 Å². The van der Waals surface area contributed by atoms with Gasteiger partial charge in [0, 0.05) is 26.2 Å². The van der Waals surface area contributed by atoms with E-state index in [1.165, 1.54) is 40.7 Å². The molecule has 10 heteroatoms. The summed E-state index contributed by atoms with van der Waals surface area (Å²) in [6, 6.07) is 13.6. The van der Waals surface area contributed by atoms with Gasteiger partial charge in [-0.3, -0.25) is 4.79 Å². The van der Waals surface area contributed by atoms with Crippen molar-refractivity contribution in [2.45, 2.75) is 18.7 Å². The first-order chi connectivity index (χ1) is 15.7. The third-order valence-electron chi connectivity index (χ3n) is 5.72. The number of carbonyl (C=O) groups excluding carboxylic acids is 1. The number of carbonyl (C=O) groups is 1. The minimum atomic E-state index is -3.71. The van der Waals surface area contributed by atoms with Crippen LogP contribution in [0.15, 0.2) is 53.4 Å². The lowest BCUT2D eigenvalue weighted by Crippen LogP contribution is -2.50. The SMILES string of the molecule is Cc1nn(-c2ccc(F)cc2)c(C)c1C(=O)N1CCN(S(=O)(=O)c2ccc(C#N)cc2)CC1. The fraction of sp³-hybridized carbons (Fsp3) is 0.261. The van der Waals surface area contributed by atoms with E-state index in [1.54, 1.807) is 35.6 Å². The first-order valence-corrected chi connectivity index (χ1v) is 11.8. The van der Waals surface area contributed by atoms with Crippen molar-refractivity contribution in [2.24, 2.45) is 0 Å². The van der Waals surface area contributed by atoms with Gasteiger partial charge in [0.1, 0.15) is 5.82 Å². The van der Waals surface area contributed by atoms with Gasteiger partial charge in [-0.2, -0.15) is 14.7 Å². The molecule has 3 aromatic rings. The van der Waals surface area contributed by atoms with Crippen LogP contribution in [0, 0.1) is 31.0 Å². The summed E-state index contributed by atoms with van der Waals surface area (Å²) in [4.78, 5) is 15.0. The predicted molar refractivity (Wildman–Crippen MR) is 119 cm³/mol. The maximum Gasteiger partial charge on any atom is 0.257 e. The monoisotopic (exact) mass is 467 g/mol. The number of hydrogen-bond donors (Lipinski definition) is 0. The largest absolute Gasteiger partial charge is 0.336 e. The molecule has 4 rings (SSSR count). The number of rotatable bonds is 4. The minimum Gasteiger partial charge on any atom is -0.336 e. The van der Waals surface area contributed by atoms with Crippen LogP contribution < -0.4 is 0 Å². The fourth-order valence-electron chi connectivity index (χ4n) is 3.93. The number of benzene rings is 2. The molecule has 0 aliphatic carbocycles. The normalized spacial score (nSPS) is 14.8. The lowest BCUT2D eigenvalue weighted by atomic mass is 10.1. The van der Waals surface area contributed by atoms with Gasteiger partial charge in [0.05, 0.1) is 39.2 Å². The highest BCUT2D eigenvalue weighted by molar-refractivity contribution is 7.89. The van der Waals surface area contributed by atoms with E-state index in [0.717, 1.165) is 0 Å². The molecule has 0 radical (unpaired) electrons. The summed E-state index contributed by atoms with van der Waals surface area (Å²) < 4.78 is 42.1. The molecule has 1 fully saturated rings. The molecule has 0 atom stereocenters. The van der Waals surface area contributed by atoms with Gasteiger partial charge in [0.2, 0.25) is 10.0 Å². The van der Waals surface area contributed by atoms with Gasteiger partial charge in [-0.15, -0.1) is 0 Å². The van der Waals surface area contributed by atoms with Crippen molar-refractivity contribution < 1.29 is 17.6 Å². The Balaban J connectivity index is 1.50. The van der Waals surface area contributed by atoms with E-state index in [4.69, 9.17) is 5.26 Å². The molecule has 0 N–H and O–H groups in total. The number of halogens is 1. The summed E-state index contributed by atoms with van der Waals surface area (Å²) in [6.45, 7) is 4.34. The number of hydrogen-bond acceptors (Lipinski definition) is 5. The van der Waals surface area contributed by atoms with Crippen molar-refractivity contribution in [3.05, 3.63) is 76.9 Å². The zero-order chi connectivity index (χ0) is 23.8.